The molecular weight excluding hydrogens is 154 g/mol. The van der Waals surface area contributed by atoms with Crippen LogP contribution in [0, 0.1) is 0 Å². The van der Waals surface area contributed by atoms with Crippen LogP contribution < -0.4 is 0 Å². The quantitative estimate of drug-likeness (QED) is 0.574. The van der Waals surface area contributed by atoms with Gasteiger partial charge in [-0.15, -0.1) is 11.6 Å². The van der Waals surface area contributed by atoms with E-state index in [-0.39, 0.29) is 13.2 Å². The molecule has 0 spiro atoms. The molecule has 0 amide bonds. The minimum Gasteiger partial charge on any atom is -0.395 e. The third-order valence-corrected chi connectivity index (χ3v) is 0.801. The molecule has 0 unspecified atom stereocenters. The van der Waals surface area contributed by atoms with Gasteiger partial charge in [0.25, 0.3) is 0 Å². The third kappa shape index (κ3) is 24.2. The van der Waals surface area contributed by atoms with Gasteiger partial charge in [-0.05, 0) is 14.1 Å². The standard InChI is InChI=1S/C4H11NO.C2H5ClO/c1-5(2)3-4-6;3-1-2-4/h6H,3-4H2,1-2H3;4H,1-2H2. The summed E-state index contributed by atoms with van der Waals surface area (Å²) in [7, 11) is 3.85. The molecule has 64 valence electrons. The molecule has 0 radical (unpaired) electrons. The van der Waals surface area contributed by atoms with Gasteiger partial charge in [0.05, 0.1) is 13.2 Å². The van der Waals surface area contributed by atoms with Crippen LogP contribution in [0.25, 0.3) is 0 Å². The van der Waals surface area contributed by atoms with Crippen molar-refractivity contribution in [1.82, 2.24) is 4.90 Å². The average Bonchev–Trinajstić information content (AvgIpc) is 1.89. The molecule has 0 bridgehead atoms. The number of hydrogen-bond acceptors (Lipinski definition) is 3. The molecule has 10 heavy (non-hydrogen) atoms. The first-order valence-corrected chi connectivity index (χ1v) is 3.64. The molecule has 0 saturated carbocycles. The van der Waals surface area contributed by atoms with Gasteiger partial charge in [-0.2, -0.15) is 0 Å². The first-order chi connectivity index (χ1) is 4.68. The summed E-state index contributed by atoms with van der Waals surface area (Å²) in [5.41, 5.74) is 0. The molecule has 4 heteroatoms. The Kier molecular flexibility index (Phi) is 15.3. The van der Waals surface area contributed by atoms with E-state index in [0.717, 1.165) is 6.54 Å². The monoisotopic (exact) mass is 169 g/mol. The van der Waals surface area contributed by atoms with Crippen molar-refractivity contribution in [3.8, 4) is 0 Å². The summed E-state index contributed by atoms with van der Waals surface area (Å²) in [6, 6.07) is 0. The number of aliphatic hydroxyl groups excluding tert-OH is 2. The molecule has 3 nitrogen and oxygen atoms in total. The van der Waals surface area contributed by atoms with Crippen molar-refractivity contribution < 1.29 is 10.2 Å². The molecular formula is C6H16ClNO2. The molecule has 2 N–H and O–H groups in total. The first-order valence-electron chi connectivity index (χ1n) is 3.11. The zero-order valence-electron chi connectivity index (χ0n) is 6.55. The number of likely N-dealkylation sites (N-methyl/N-ethyl adjacent to an activating group) is 1. The molecule has 0 aliphatic heterocycles. The van der Waals surface area contributed by atoms with Crippen LogP contribution >= 0.6 is 11.6 Å². The Morgan fingerprint density at radius 2 is 1.60 bits per heavy atom. The van der Waals surface area contributed by atoms with Crippen molar-refractivity contribution in [3.63, 3.8) is 0 Å². The summed E-state index contributed by atoms with van der Waals surface area (Å²) in [6.07, 6.45) is 0. The Morgan fingerprint density at radius 3 is 1.60 bits per heavy atom. The van der Waals surface area contributed by atoms with Crippen molar-refractivity contribution in [2.45, 2.75) is 0 Å². The van der Waals surface area contributed by atoms with Gasteiger partial charge in [-0.25, -0.2) is 0 Å². The van der Waals surface area contributed by atoms with Gasteiger partial charge in [0.2, 0.25) is 0 Å². The zero-order chi connectivity index (χ0) is 8.41. The van der Waals surface area contributed by atoms with Crippen molar-refractivity contribution >= 4 is 11.6 Å². The van der Waals surface area contributed by atoms with Crippen LogP contribution in [0.1, 0.15) is 0 Å². The molecule has 0 aromatic carbocycles. The highest BCUT2D eigenvalue weighted by Gasteiger charge is 1.80. The molecule has 0 heterocycles. The lowest BCUT2D eigenvalue weighted by Gasteiger charge is -2.03. The molecule has 0 rings (SSSR count). The molecule has 0 aromatic rings. The van der Waals surface area contributed by atoms with Crippen LogP contribution in [-0.4, -0.2) is 54.8 Å². The van der Waals surface area contributed by atoms with Crippen molar-refractivity contribution in [1.29, 1.82) is 0 Å². The van der Waals surface area contributed by atoms with E-state index in [9.17, 15) is 0 Å². The van der Waals surface area contributed by atoms with Gasteiger partial charge >= 0.3 is 0 Å². The largest absolute Gasteiger partial charge is 0.395 e. The number of alkyl halides is 1. The predicted molar refractivity (Wildman–Crippen MR) is 43.4 cm³/mol. The maximum atomic E-state index is 8.20. The van der Waals surface area contributed by atoms with E-state index in [1.807, 2.05) is 19.0 Å². The number of hydrogen-bond donors (Lipinski definition) is 2. The summed E-state index contributed by atoms with van der Waals surface area (Å²) >= 11 is 4.94. The fourth-order valence-electron chi connectivity index (χ4n) is 0.200. The summed E-state index contributed by atoms with van der Waals surface area (Å²) in [6.45, 7) is 1.11. The summed E-state index contributed by atoms with van der Waals surface area (Å²) in [4.78, 5) is 1.93. The normalized spacial score (nSPS) is 9.00. The van der Waals surface area contributed by atoms with Crippen LogP contribution in [-0.2, 0) is 0 Å². The van der Waals surface area contributed by atoms with Crippen molar-refractivity contribution in [2.75, 3.05) is 39.7 Å². The highest BCUT2D eigenvalue weighted by molar-refractivity contribution is 6.17. The highest BCUT2D eigenvalue weighted by atomic mass is 35.5. The number of aliphatic hydroxyl groups is 2. The van der Waals surface area contributed by atoms with Gasteiger partial charge in [0.1, 0.15) is 0 Å². The lowest BCUT2D eigenvalue weighted by atomic mass is 10.6. The van der Waals surface area contributed by atoms with Crippen LogP contribution in [0.15, 0.2) is 0 Å². The van der Waals surface area contributed by atoms with Gasteiger partial charge in [0, 0.05) is 12.4 Å². The smallest absolute Gasteiger partial charge is 0.0566 e. The Labute approximate surface area is 67.2 Å². The second kappa shape index (κ2) is 11.9. The molecule has 0 fully saturated rings. The van der Waals surface area contributed by atoms with E-state index < -0.39 is 0 Å². The number of rotatable bonds is 3. The van der Waals surface area contributed by atoms with E-state index in [4.69, 9.17) is 21.8 Å². The Morgan fingerprint density at radius 1 is 1.20 bits per heavy atom. The minimum atomic E-state index is 0.0849. The van der Waals surface area contributed by atoms with Crippen LogP contribution in [0.4, 0.5) is 0 Å². The third-order valence-electron chi connectivity index (χ3n) is 0.632. The van der Waals surface area contributed by atoms with Crippen LogP contribution in [0.2, 0.25) is 0 Å². The number of nitrogens with zero attached hydrogens (tertiary/aromatic N) is 1. The SMILES string of the molecule is CN(C)CCO.OCCCl. The molecule has 0 aromatic heterocycles. The highest BCUT2D eigenvalue weighted by Crippen LogP contribution is 1.66. The lowest BCUT2D eigenvalue weighted by molar-refractivity contribution is 0.243. The maximum absolute atomic E-state index is 8.20. The Balaban J connectivity index is 0. The van der Waals surface area contributed by atoms with Gasteiger partial charge < -0.3 is 15.1 Å². The first kappa shape index (κ1) is 12.8. The summed E-state index contributed by atoms with van der Waals surface area (Å²) in [5, 5.41) is 15.9. The van der Waals surface area contributed by atoms with E-state index in [2.05, 4.69) is 0 Å². The molecule has 0 atom stereocenters. The van der Waals surface area contributed by atoms with E-state index in [1.165, 1.54) is 0 Å². The zero-order valence-corrected chi connectivity index (χ0v) is 7.30. The topological polar surface area (TPSA) is 43.7 Å². The summed E-state index contributed by atoms with van der Waals surface area (Å²) in [5.74, 6) is 0.347. The maximum Gasteiger partial charge on any atom is 0.0566 e. The van der Waals surface area contributed by atoms with Crippen molar-refractivity contribution in [3.05, 3.63) is 0 Å². The average molecular weight is 170 g/mol. The fourth-order valence-corrected chi connectivity index (χ4v) is 0.200. The van der Waals surface area contributed by atoms with Crippen LogP contribution in [0.5, 0.6) is 0 Å². The molecule has 0 aliphatic carbocycles. The Bertz CT molecular complexity index is 51.0. The van der Waals surface area contributed by atoms with Crippen LogP contribution in [0.3, 0.4) is 0 Å². The summed E-state index contributed by atoms with van der Waals surface area (Å²) < 4.78 is 0. The van der Waals surface area contributed by atoms with E-state index >= 15 is 0 Å². The molecule has 0 saturated heterocycles. The van der Waals surface area contributed by atoms with Gasteiger partial charge in [-0.3, -0.25) is 0 Å². The lowest BCUT2D eigenvalue weighted by Crippen LogP contribution is -2.15. The minimum absolute atomic E-state index is 0.0849. The second-order valence-corrected chi connectivity index (χ2v) is 2.32. The van der Waals surface area contributed by atoms with Gasteiger partial charge in [0.15, 0.2) is 0 Å². The van der Waals surface area contributed by atoms with E-state index in [1.54, 1.807) is 0 Å². The fraction of sp³-hybridized carbons (Fsp3) is 1.00. The molecule has 0 aliphatic rings. The second-order valence-electron chi connectivity index (χ2n) is 1.94. The van der Waals surface area contributed by atoms with Gasteiger partial charge in [-0.1, -0.05) is 0 Å². The number of halogens is 1. The Hall–Kier alpha value is 0.170. The predicted octanol–water partition coefficient (Wildman–Crippen LogP) is -0.242. The van der Waals surface area contributed by atoms with E-state index in [0.29, 0.717) is 5.88 Å². The van der Waals surface area contributed by atoms with Crippen molar-refractivity contribution in [2.24, 2.45) is 0 Å².